The third-order valence-electron chi connectivity index (χ3n) is 4.55. The standard InChI is InChI=1S/C22H27NO6/c1-4-14-9-7-8-10-16(14)21(26)28-29-22(27)17-12-11-15(23-20(25)6-3)13-18(17)19(24)5-2/h7-13,19-20,23-25H,4-6H2,1-3H3. The van der Waals surface area contributed by atoms with Gasteiger partial charge in [-0.25, -0.2) is 19.4 Å². The van der Waals surface area contributed by atoms with Crippen LogP contribution in [0.15, 0.2) is 42.5 Å². The van der Waals surface area contributed by atoms with Crippen LogP contribution in [0, 0.1) is 0 Å². The maximum atomic E-state index is 12.5. The van der Waals surface area contributed by atoms with E-state index in [1.54, 1.807) is 37.3 Å². The fourth-order valence-corrected chi connectivity index (χ4v) is 2.82. The number of aryl methyl sites for hydroxylation is 1. The maximum absolute atomic E-state index is 12.5. The number of hydrogen-bond donors (Lipinski definition) is 3. The fraction of sp³-hybridized carbons (Fsp3) is 0.364. The normalized spacial score (nSPS) is 12.7. The van der Waals surface area contributed by atoms with Gasteiger partial charge in [-0.2, -0.15) is 0 Å². The minimum Gasteiger partial charge on any atom is -0.388 e. The predicted octanol–water partition coefficient (Wildman–Crippen LogP) is 3.76. The van der Waals surface area contributed by atoms with Crippen molar-refractivity contribution < 1.29 is 29.6 Å². The average Bonchev–Trinajstić information content (AvgIpc) is 2.76. The summed E-state index contributed by atoms with van der Waals surface area (Å²) in [6.07, 6.45) is -0.188. The highest BCUT2D eigenvalue weighted by atomic mass is 17.2. The van der Waals surface area contributed by atoms with Crippen molar-refractivity contribution in [1.82, 2.24) is 0 Å². The molecule has 2 rings (SSSR count). The first-order chi connectivity index (χ1) is 13.9. The minimum absolute atomic E-state index is 0.0764. The number of anilines is 1. The number of hydrogen-bond acceptors (Lipinski definition) is 7. The molecule has 0 radical (unpaired) electrons. The molecule has 0 saturated carbocycles. The van der Waals surface area contributed by atoms with Gasteiger partial charge in [0, 0.05) is 5.69 Å². The van der Waals surface area contributed by atoms with Gasteiger partial charge in [-0.3, -0.25) is 0 Å². The summed E-state index contributed by atoms with van der Waals surface area (Å²) < 4.78 is 0. The van der Waals surface area contributed by atoms with Crippen LogP contribution in [0.5, 0.6) is 0 Å². The summed E-state index contributed by atoms with van der Waals surface area (Å²) in [5, 5.41) is 22.9. The maximum Gasteiger partial charge on any atom is 0.386 e. The first kappa shape index (κ1) is 22.4. The molecule has 0 aliphatic rings. The highest BCUT2D eigenvalue weighted by Gasteiger charge is 2.22. The van der Waals surface area contributed by atoms with E-state index in [0.29, 0.717) is 36.1 Å². The van der Waals surface area contributed by atoms with Crippen LogP contribution >= 0.6 is 0 Å². The van der Waals surface area contributed by atoms with Crippen LogP contribution in [0.2, 0.25) is 0 Å². The monoisotopic (exact) mass is 401 g/mol. The lowest BCUT2D eigenvalue weighted by atomic mass is 9.99. The van der Waals surface area contributed by atoms with Gasteiger partial charge < -0.3 is 15.5 Å². The van der Waals surface area contributed by atoms with Crippen LogP contribution in [-0.2, 0) is 16.2 Å². The van der Waals surface area contributed by atoms with Crippen molar-refractivity contribution in [2.75, 3.05) is 5.32 Å². The molecule has 3 N–H and O–H groups in total. The van der Waals surface area contributed by atoms with Crippen LogP contribution in [0.4, 0.5) is 5.69 Å². The topological polar surface area (TPSA) is 105 Å². The first-order valence-electron chi connectivity index (χ1n) is 9.68. The molecule has 0 bridgehead atoms. The zero-order valence-corrected chi connectivity index (χ0v) is 16.8. The zero-order valence-electron chi connectivity index (χ0n) is 16.8. The van der Waals surface area contributed by atoms with Crippen LogP contribution in [0.1, 0.15) is 71.6 Å². The van der Waals surface area contributed by atoms with E-state index in [4.69, 9.17) is 9.78 Å². The molecule has 0 aromatic heterocycles. The van der Waals surface area contributed by atoms with Gasteiger partial charge in [-0.05, 0) is 54.7 Å². The Hall–Kier alpha value is -2.90. The second-order valence-electron chi connectivity index (χ2n) is 6.55. The Balaban J connectivity index is 2.17. The molecule has 29 heavy (non-hydrogen) atoms. The summed E-state index contributed by atoms with van der Waals surface area (Å²) in [6.45, 7) is 5.49. The molecule has 2 atom stereocenters. The van der Waals surface area contributed by atoms with Gasteiger partial charge >= 0.3 is 11.9 Å². The molecule has 0 aliphatic carbocycles. The van der Waals surface area contributed by atoms with E-state index in [9.17, 15) is 19.8 Å². The Kier molecular flexibility index (Phi) is 8.18. The van der Waals surface area contributed by atoms with Crippen LogP contribution in [0.25, 0.3) is 0 Å². The number of aliphatic hydroxyl groups is 2. The van der Waals surface area contributed by atoms with Gasteiger partial charge in [0.25, 0.3) is 0 Å². The Labute approximate surface area is 170 Å². The van der Waals surface area contributed by atoms with E-state index in [2.05, 4.69) is 5.32 Å². The molecule has 2 aromatic rings. The Morgan fingerprint density at radius 3 is 2.21 bits per heavy atom. The lowest BCUT2D eigenvalue weighted by molar-refractivity contribution is -0.187. The van der Waals surface area contributed by atoms with Gasteiger partial charge in [-0.1, -0.05) is 39.0 Å². The van der Waals surface area contributed by atoms with Crippen LogP contribution in [-0.4, -0.2) is 28.4 Å². The lowest BCUT2D eigenvalue weighted by Gasteiger charge is -2.17. The SMILES string of the molecule is CCc1ccccc1C(=O)OOC(=O)c1ccc(NC(O)CC)cc1C(O)CC. The van der Waals surface area contributed by atoms with Crippen molar-refractivity contribution in [3.8, 4) is 0 Å². The van der Waals surface area contributed by atoms with Crippen LogP contribution in [0.3, 0.4) is 0 Å². The molecule has 156 valence electrons. The Morgan fingerprint density at radius 1 is 0.931 bits per heavy atom. The summed E-state index contributed by atoms with van der Waals surface area (Å²) >= 11 is 0. The fourth-order valence-electron chi connectivity index (χ4n) is 2.82. The summed E-state index contributed by atoms with van der Waals surface area (Å²) in [7, 11) is 0. The number of carbonyl (C=O) groups excluding carboxylic acids is 2. The molecule has 2 unspecified atom stereocenters. The number of nitrogens with one attached hydrogen (secondary N) is 1. The first-order valence-corrected chi connectivity index (χ1v) is 9.68. The molecule has 0 amide bonds. The molecular formula is C22H27NO6. The summed E-state index contributed by atoms with van der Waals surface area (Å²) in [6, 6.07) is 11.5. The van der Waals surface area contributed by atoms with Crippen molar-refractivity contribution in [1.29, 1.82) is 0 Å². The highest BCUT2D eigenvalue weighted by Crippen LogP contribution is 2.26. The van der Waals surface area contributed by atoms with E-state index in [1.165, 1.54) is 6.07 Å². The second kappa shape index (κ2) is 10.6. The molecule has 7 heteroatoms. The van der Waals surface area contributed by atoms with E-state index in [-0.39, 0.29) is 5.56 Å². The van der Waals surface area contributed by atoms with E-state index in [0.717, 1.165) is 5.56 Å². The Bertz CT molecular complexity index is 851. The van der Waals surface area contributed by atoms with E-state index < -0.39 is 24.3 Å². The van der Waals surface area contributed by atoms with E-state index >= 15 is 0 Å². The molecule has 0 heterocycles. The van der Waals surface area contributed by atoms with Gasteiger partial charge in [0.05, 0.1) is 17.2 Å². The molecular weight excluding hydrogens is 374 g/mol. The lowest BCUT2D eigenvalue weighted by Crippen LogP contribution is -2.18. The molecule has 0 spiro atoms. The third-order valence-corrected chi connectivity index (χ3v) is 4.55. The second-order valence-corrected chi connectivity index (χ2v) is 6.55. The number of carbonyl (C=O) groups is 2. The van der Waals surface area contributed by atoms with Crippen LogP contribution < -0.4 is 5.32 Å². The Morgan fingerprint density at radius 2 is 1.59 bits per heavy atom. The highest BCUT2D eigenvalue weighted by molar-refractivity contribution is 5.94. The number of benzene rings is 2. The van der Waals surface area contributed by atoms with Crippen molar-refractivity contribution in [3.05, 3.63) is 64.7 Å². The van der Waals surface area contributed by atoms with Crippen molar-refractivity contribution in [2.45, 2.75) is 52.4 Å². The quantitative estimate of drug-likeness (QED) is 0.351. The van der Waals surface area contributed by atoms with Gasteiger partial charge in [-0.15, -0.1) is 0 Å². The average molecular weight is 401 g/mol. The van der Waals surface area contributed by atoms with Crippen molar-refractivity contribution in [3.63, 3.8) is 0 Å². The van der Waals surface area contributed by atoms with Gasteiger partial charge in [0.1, 0.15) is 6.23 Å². The van der Waals surface area contributed by atoms with Crippen molar-refractivity contribution in [2.24, 2.45) is 0 Å². The summed E-state index contributed by atoms with van der Waals surface area (Å²) in [5.74, 6) is -1.66. The van der Waals surface area contributed by atoms with Gasteiger partial charge in [0.15, 0.2) is 0 Å². The molecule has 7 nitrogen and oxygen atoms in total. The van der Waals surface area contributed by atoms with Gasteiger partial charge in [0.2, 0.25) is 0 Å². The minimum atomic E-state index is -0.922. The zero-order chi connectivity index (χ0) is 21.4. The third kappa shape index (κ3) is 5.79. The largest absolute Gasteiger partial charge is 0.388 e. The molecule has 0 aliphatic heterocycles. The predicted molar refractivity (Wildman–Crippen MR) is 108 cm³/mol. The number of rotatable bonds is 8. The van der Waals surface area contributed by atoms with Crippen molar-refractivity contribution >= 4 is 17.6 Å². The summed E-state index contributed by atoms with van der Waals surface area (Å²) in [4.78, 5) is 34.2. The molecule has 2 aromatic carbocycles. The molecule has 0 fully saturated rings. The molecule has 0 saturated heterocycles. The van der Waals surface area contributed by atoms with E-state index in [1.807, 2.05) is 19.9 Å². The smallest absolute Gasteiger partial charge is 0.386 e. The number of aliphatic hydroxyl groups excluding tert-OH is 2. The summed E-state index contributed by atoms with van der Waals surface area (Å²) in [5.41, 5.74) is 2.04.